The fraction of sp³-hybridized carbons (Fsp3) is 0.500. The minimum Gasteiger partial charge on any atom is -0.371 e. The van der Waals surface area contributed by atoms with Crippen LogP contribution in [0, 0.1) is 0 Å². The molecule has 70 valence electrons. The molecule has 1 aliphatic heterocycles. The lowest BCUT2D eigenvalue weighted by Gasteiger charge is -2.29. The lowest BCUT2D eigenvalue weighted by Crippen LogP contribution is -2.27. The van der Waals surface area contributed by atoms with Gasteiger partial charge in [-0.25, -0.2) is 0 Å². The van der Waals surface area contributed by atoms with Gasteiger partial charge in [0.05, 0.1) is 6.20 Å². The van der Waals surface area contributed by atoms with Crippen molar-refractivity contribution in [2.24, 2.45) is 0 Å². The average Bonchev–Trinajstić information content (AvgIpc) is 2.71. The standard InChI is InChI=1S/C10H15N3/c1-9(10-7-11-12-8-10)13-5-3-2-4-6-13/h7-8H,1-6H2,(H,11,12). The van der Waals surface area contributed by atoms with Crippen LogP contribution in [0.3, 0.4) is 0 Å². The summed E-state index contributed by atoms with van der Waals surface area (Å²) in [7, 11) is 0. The summed E-state index contributed by atoms with van der Waals surface area (Å²) in [5, 5.41) is 6.74. The van der Waals surface area contributed by atoms with Gasteiger partial charge in [0.25, 0.3) is 0 Å². The summed E-state index contributed by atoms with van der Waals surface area (Å²) in [5.41, 5.74) is 2.22. The molecule has 0 unspecified atom stereocenters. The predicted molar refractivity (Wildman–Crippen MR) is 53.0 cm³/mol. The molecule has 2 heterocycles. The number of likely N-dealkylation sites (tertiary alicyclic amines) is 1. The van der Waals surface area contributed by atoms with Gasteiger partial charge in [0, 0.05) is 30.5 Å². The van der Waals surface area contributed by atoms with Gasteiger partial charge in [-0.2, -0.15) is 5.10 Å². The van der Waals surface area contributed by atoms with E-state index in [1.807, 2.05) is 12.4 Å². The number of nitrogens with zero attached hydrogens (tertiary/aromatic N) is 2. The van der Waals surface area contributed by atoms with Crippen LogP contribution in [0.2, 0.25) is 0 Å². The molecule has 3 nitrogen and oxygen atoms in total. The van der Waals surface area contributed by atoms with E-state index in [1.54, 1.807) is 0 Å². The lowest BCUT2D eigenvalue weighted by atomic mass is 10.1. The molecule has 1 aromatic rings. The van der Waals surface area contributed by atoms with Gasteiger partial charge in [0.15, 0.2) is 0 Å². The van der Waals surface area contributed by atoms with Crippen molar-refractivity contribution in [1.29, 1.82) is 0 Å². The third kappa shape index (κ3) is 1.74. The minimum absolute atomic E-state index is 1.11. The largest absolute Gasteiger partial charge is 0.371 e. The Hall–Kier alpha value is -1.25. The summed E-state index contributed by atoms with van der Waals surface area (Å²) in [6.45, 7) is 6.37. The molecule has 0 radical (unpaired) electrons. The van der Waals surface area contributed by atoms with Crippen LogP contribution in [0.4, 0.5) is 0 Å². The Bertz CT molecular complexity index is 270. The Labute approximate surface area is 78.4 Å². The van der Waals surface area contributed by atoms with Crippen LogP contribution in [0.5, 0.6) is 0 Å². The van der Waals surface area contributed by atoms with Crippen LogP contribution in [-0.4, -0.2) is 28.2 Å². The van der Waals surface area contributed by atoms with Crippen molar-refractivity contribution >= 4 is 5.70 Å². The Morgan fingerprint density at radius 2 is 2.15 bits per heavy atom. The SMILES string of the molecule is C=C(c1cn[nH]c1)N1CCCCC1. The molecule has 0 amide bonds. The van der Waals surface area contributed by atoms with E-state index < -0.39 is 0 Å². The smallest absolute Gasteiger partial charge is 0.0580 e. The van der Waals surface area contributed by atoms with E-state index >= 15 is 0 Å². The van der Waals surface area contributed by atoms with E-state index in [0.717, 1.165) is 24.4 Å². The first-order chi connectivity index (χ1) is 6.38. The number of hydrogen-bond acceptors (Lipinski definition) is 2. The second kappa shape index (κ2) is 3.64. The quantitative estimate of drug-likeness (QED) is 0.747. The minimum atomic E-state index is 1.11. The summed E-state index contributed by atoms with van der Waals surface area (Å²) >= 11 is 0. The molecule has 3 heteroatoms. The lowest BCUT2D eigenvalue weighted by molar-refractivity contribution is 0.326. The maximum absolute atomic E-state index is 4.09. The molecule has 0 aliphatic carbocycles. The van der Waals surface area contributed by atoms with Crippen molar-refractivity contribution in [3.63, 3.8) is 0 Å². The normalized spacial score (nSPS) is 17.4. The van der Waals surface area contributed by atoms with Crippen molar-refractivity contribution < 1.29 is 0 Å². The number of nitrogens with one attached hydrogen (secondary N) is 1. The second-order valence-corrected chi connectivity index (χ2v) is 3.48. The maximum Gasteiger partial charge on any atom is 0.0580 e. The Kier molecular flexibility index (Phi) is 2.34. The van der Waals surface area contributed by atoms with Gasteiger partial charge in [0.2, 0.25) is 0 Å². The number of aromatic nitrogens is 2. The van der Waals surface area contributed by atoms with Gasteiger partial charge in [-0.3, -0.25) is 5.10 Å². The zero-order valence-corrected chi connectivity index (χ0v) is 7.79. The zero-order valence-electron chi connectivity index (χ0n) is 7.79. The van der Waals surface area contributed by atoms with Gasteiger partial charge in [-0.1, -0.05) is 6.58 Å². The van der Waals surface area contributed by atoms with Gasteiger partial charge < -0.3 is 4.90 Å². The van der Waals surface area contributed by atoms with Crippen LogP contribution < -0.4 is 0 Å². The van der Waals surface area contributed by atoms with Crippen molar-refractivity contribution in [3.8, 4) is 0 Å². The maximum atomic E-state index is 4.09. The van der Waals surface area contributed by atoms with Crippen LogP contribution in [0.1, 0.15) is 24.8 Å². The molecule has 0 atom stereocenters. The van der Waals surface area contributed by atoms with Crippen LogP contribution in [0.15, 0.2) is 19.0 Å². The summed E-state index contributed by atoms with van der Waals surface area (Å²) in [5.74, 6) is 0. The van der Waals surface area contributed by atoms with E-state index in [0.29, 0.717) is 0 Å². The van der Waals surface area contributed by atoms with Crippen molar-refractivity contribution in [2.75, 3.05) is 13.1 Å². The summed E-state index contributed by atoms with van der Waals surface area (Å²) < 4.78 is 0. The fourth-order valence-electron chi connectivity index (χ4n) is 1.76. The molecule has 0 bridgehead atoms. The van der Waals surface area contributed by atoms with Crippen molar-refractivity contribution in [1.82, 2.24) is 15.1 Å². The number of hydrogen-bond donors (Lipinski definition) is 1. The Morgan fingerprint density at radius 3 is 2.77 bits per heavy atom. The molecule has 13 heavy (non-hydrogen) atoms. The van der Waals surface area contributed by atoms with Gasteiger partial charge >= 0.3 is 0 Å². The van der Waals surface area contributed by atoms with Crippen molar-refractivity contribution in [2.45, 2.75) is 19.3 Å². The highest BCUT2D eigenvalue weighted by Gasteiger charge is 2.13. The highest BCUT2D eigenvalue weighted by Crippen LogP contribution is 2.20. The fourth-order valence-corrected chi connectivity index (χ4v) is 1.76. The number of rotatable bonds is 2. The first kappa shape index (κ1) is 8.35. The van der Waals surface area contributed by atoms with Crippen LogP contribution >= 0.6 is 0 Å². The zero-order chi connectivity index (χ0) is 9.10. The van der Waals surface area contributed by atoms with E-state index in [-0.39, 0.29) is 0 Å². The molecule has 1 aromatic heterocycles. The third-order valence-electron chi connectivity index (χ3n) is 2.57. The summed E-state index contributed by atoms with van der Waals surface area (Å²) in [6, 6.07) is 0. The Morgan fingerprint density at radius 1 is 1.38 bits per heavy atom. The summed E-state index contributed by atoms with van der Waals surface area (Å²) in [4.78, 5) is 2.34. The monoisotopic (exact) mass is 177 g/mol. The predicted octanol–water partition coefficient (Wildman–Crippen LogP) is 1.87. The molecule has 0 saturated carbocycles. The number of piperidine rings is 1. The Balaban J connectivity index is 2.04. The molecule has 1 N–H and O–H groups in total. The molecular formula is C10H15N3. The van der Waals surface area contributed by atoms with Crippen LogP contribution in [0.25, 0.3) is 5.70 Å². The molecule has 1 aliphatic rings. The molecule has 2 rings (SSSR count). The second-order valence-electron chi connectivity index (χ2n) is 3.48. The van der Waals surface area contributed by atoms with Crippen LogP contribution in [-0.2, 0) is 0 Å². The molecule has 0 aromatic carbocycles. The summed E-state index contributed by atoms with van der Waals surface area (Å²) in [6.07, 6.45) is 7.66. The first-order valence-corrected chi connectivity index (χ1v) is 4.81. The number of H-pyrrole nitrogens is 1. The molecular weight excluding hydrogens is 162 g/mol. The first-order valence-electron chi connectivity index (χ1n) is 4.81. The van der Waals surface area contributed by atoms with Gasteiger partial charge in [-0.05, 0) is 19.3 Å². The van der Waals surface area contributed by atoms with Crippen molar-refractivity contribution in [3.05, 3.63) is 24.5 Å². The van der Waals surface area contributed by atoms with E-state index in [4.69, 9.17) is 0 Å². The van der Waals surface area contributed by atoms with E-state index in [9.17, 15) is 0 Å². The van der Waals surface area contributed by atoms with Gasteiger partial charge in [0.1, 0.15) is 0 Å². The van der Waals surface area contributed by atoms with E-state index in [1.165, 1.54) is 19.3 Å². The highest BCUT2D eigenvalue weighted by atomic mass is 15.2. The third-order valence-corrected chi connectivity index (χ3v) is 2.57. The topological polar surface area (TPSA) is 31.9 Å². The van der Waals surface area contributed by atoms with Gasteiger partial charge in [-0.15, -0.1) is 0 Å². The molecule has 0 spiro atoms. The highest BCUT2D eigenvalue weighted by molar-refractivity contribution is 5.60. The molecule has 1 saturated heterocycles. The molecule has 1 fully saturated rings. The number of aromatic amines is 1. The van der Waals surface area contributed by atoms with E-state index in [2.05, 4.69) is 21.7 Å². The average molecular weight is 177 g/mol.